The van der Waals surface area contributed by atoms with Crippen LogP contribution in [-0.2, 0) is 6.54 Å². The van der Waals surface area contributed by atoms with Crippen LogP contribution < -0.4 is 5.73 Å². The maximum Gasteiger partial charge on any atom is 0.0794 e. The molecule has 1 fully saturated rings. The number of likely N-dealkylation sites (tertiary alicyclic amines) is 1. The summed E-state index contributed by atoms with van der Waals surface area (Å²) in [6.07, 6.45) is 5.84. The third-order valence-electron chi connectivity index (χ3n) is 3.04. The molecule has 15 heavy (non-hydrogen) atoms. The van der Waals surface area contributed by atoms with Gasteiger partial charge in [0.15, 0.2) is 0 Å². The largest absolute Gasteiger partial charge is 0.330 e. The molecule has 2 N–H and O–H groups in total. The fraction of sp³-hybridized carbons (Fsp3) is 0.727. The first-order chi connectivity index (χ1) is 7.38. The SMILES string of the molecule is NCCC1CCCN(Cc2cncs2)C1. The average molecular weight is 225 g/mol. The van der Waals surface area contributed by atoms with Crippen LogP contribution in [0.3, 0.4) is 0 Å². The van der Waals surface area contributed by atoms with E-state index in [4.69, 9.17) is 5.73 Å². The van der Waals surface area contributed by atoms with E-state index in [-0.39, 0.29) is 0 Å². The van der Waals surface area contributed by atoms with Gasteiger partial charge in [0.2, 0.25) is 0 Å². The normalized spacial score (nSPS) is 23.1. The summed E-state index contributed by atoms with van der Waals surface area (Å²) in [6.45, 7) is 4.36. The molecular formula is C11H19N3S. The zero-order chi connectivity index (χ0) is 10.5. The van der Waals surface area contributed by atoms with Crippen LogP contribution in [0.4, 0.5) is 0 Å². The van der Waals surface area contributed by atoms with Crippen LogP contribution in [0.2, 0.25) is 0 Å². The molecular weight excluding hydrogens is 206 g/mol. The van der Waals surface area contributed by atoms with Gasteiger partial charge in [-0.25, -0.2) is 0 Å². The molecule has 1 saturated heterocycles. The Labute approximate surface area is 95.3 Å². The second-order valence-corrected chi connectivity index (χ2v) is 5.26. The fourth-order valence-electron chi connectivity index (χ4n) is 2.31. The van der Waals surface area contributed by atoms with Crippen molar-refractivity contribution in [3.63, 3.8) is 0 Å². The van der Waals surface area contributed by atoms with Crippen LogP contribution in [0.25, 0.3) is 0 Å². The Bertz CT molecular complexity index is 271. The van der Waals surface area contributed by atoms with E-state index in [0.717, 1.165) is 19.0 Å². The second kappa shape index (κ2) is 5.58. The van der Waals surface area contributed by atoms with E-state index in [2.05, 4.69) is 9.88 Å². The van der Waals surface area contributed by atoms with Gasteiger partial charge in [0.05, 0.1) is 5.51 Å². The highest BCUT2D eigenvalue weighted by Gasteiger charge is 2.19. The zero-order valence-electron chi connectivity index (χ0n) is 9.06. The monoisotopic (exact) mass is 225 g/mol. The topological polar surface area (TPSA) is 42.1 Å². The molecule has 1 unspecified atom stereocenters. The summed E-state index contributed by atoms with van der Waals surface area (Å²) in [7, 11) is 0. The van der Waals surface area contributed by atoms with Gasteiger partial charge >= 0.3 is 0 Å². The molecule has 1 aromatic heterocycles. The van der Waals surface area contributed by atoms with E-state index in [1.807, 2.05) is 11.7 Å². The molecule has 0 aromatic carbocycles. The first-order valence-corrected chi connectivity index (χ1v) is 6.56. The van der Waals surface area contributed by atoms with E-state index >= 15 is 0 Å². The van der Waals surface area contributed by atoms with Crippen LogP contribution in [0, 0.1) is 5.92 Å². The Hall–Kier alpha value is -0.450. The lowest BCUT2D eigenvalue weighted by molar-refractivity contribution is 0.164. The summed E-state index contributed by atoms with van der Waals surface area (Å²) in [5.41, 5.74) is 7.53. The third kappa shape index (κ3) is 3.26. The van der Waals surface area contributed by atoms with Crippen molar-refractivity contribution >= 4 is 11.3 Å². The van der Waals surface area contributed by atoms with Gasteiger partial charge in [-0.2, -0.15) is 0 Å². The summed E-state index contributed by atoms with van der Waals surface area (Å²) in [4.78, 5) is 8.03. The molecule has 84 valence electrons. The zero-order valence-corrected chi connectivity index (χ0v) is 9.88. The maximum absolute atomic E-state index is 5.61. The number of nitrogens with zero attached hydrogens (tertiary/aromatic N) is 2. The van der Waals surface area contributed by atoms with Crippen molar-refractivity contribution in [2.75, 3.05) is 19.6 Å². The minimum absolute atomic E-state index is 0.816. The molecule has 1 aliphatic heterocycles. The number of aromatic nitrogens is 1. The molecule has 0 radical (unpaired) electrons. The predicted molar refractivity (Wildman–Crippen MR) is 63.8 cm³/mol. The van der Waals surface area contributed by atoms with E-state index in [0.29, 0.717) is 0 Å². The van der Waals surface area contributed by atoms with Crippen molar-refractivity contribution in [1.82, 2.24) is 9.88 Å². The molecule has 2 heterocycles. The Morgan fingerprint density at radius 2 is 2.53 bits per heavy atom. The van der Waals surface area contributed by atoms with Gasteiger partial charge in [-0.3, -0.25) is 9.88 Å². The Morgan fingerprint density at radius 3 is 3.27 bits per heavy atom. The minimum atomic E-state index is 0.816. The van der Waals surface area contributed by atoms with Crippen molar-refractivity contribution < 1.29 is 0 Å². The third-order valence-corrected chi connectivity index (χ3v) is 3.81. The fourth-order valence-corrected chi connectivity index (χ4v) is 2.94. The van der Waals surface area contributed by atoms with Crippen molar-refractivity contribution in [2.24, 2.45) is 11.7 Å². The summed E-state index contributed by atoms with van der Waals surface area (Å²) >= 11 is 1.75. The van der Waals surface area contributed by atoms with E-state index in [1.165, 1.54) is 37.2 Å². The van der Waals surface area contributed by atoms with Crippen molar-refractivity contribution in [1.29, 1.82) is 0 Å². The summed E-state index contributed by atoms with van der Waals surface area (Å²) in [5.74, 6) is 0.816. The maximum atomic E-state index is 5.61. The van der Waals surface area contributed by atoms with E-state index in [9.17, 15) is 0 Å². The Kier molecular flexibility index (Phi) is 4.11. The highest BCUT2D eigenvalue weighted by Crippen LogP contribution is 2.21. The van der Waals surface area contributed by atoms with Crippen molar-refractivity contribution in [3.05, 3.63) is 16.6 Å². The lowest BCUT2D eigenvalue weighted by Crippen LogP contribution is -2.35. The van der Waals surface area contributed by atoms with Gasteiger partial charge in [0.1, 0.15) is 0 Å². The van der Waals surface area contributed by atoms with Gasteiger partial charge < -0.3 is 5.73 Å². The molecule has 0 saturated carbocycles. The molecule has 1 aliphatic rings. The standard InChI is InChI=1S/C11H19N3S/c12-4-3-10-2-1-5-14(7-10)8-11-6-13-9-15-11/h6,9-10H,1-5,7-8,12H2. The number of nitrogens with two attached hydrogens (primary N) is 1. The van der Waals surface area contributed by atoms with Gasteiger partial charge in [-0.15, -0.1) is 11.3 Å². The summed E-state index contributed by atoms with van der Waals surface area (Å²) < 4.78 is 0. The van der Waals surface area contributed by atoms with E-state index < -0.39 is 0 Å². The molecule has 4 heteroatoms. The highest BCUT2D eigenvalue weighted by atomic mass is 32.1. The van der Waals surface area contributed by atoms with Crippen LogP contribution in [0.5, 0.6) is 0 Å². The van der Waals surface area contributed by atoms with Crippen LogP contribution in [-0.4, -0.2) is 29.5 Å². The molecule has 3 nitrogen and oxygen atoms in total. The Morgan fingerprint density at radius 1 is 1.60 bits per heavy atom. The lowest BCUT2D eigenvalue weighted by Gasteiger charge is -2.32. The van der Waals surface area contributed by atoms with Crippen LogP contribution >= 0.6 is 11.3 Å². The van der Waals surface area contributed by atoms with E-state index in [1.54, 1.807) is 11.3 Å². The highest BCUT2D eigenvalue weighted by molar-refractivity contribution is 7.09. The van der Waals surface area contributed by atoms with Crippen LogP contribution in [0.1, 0.15) is 24.1 Å². The minimum Gasteiger partial charge on any atom is -0.330 e. The smallest absolute Gasteiger partial charge is 0.0794 e. The number of piperidine rings is 1. The van der Waals surface area contributed by atoms with Gasteiger partial charge in [0.25, 0.3) is 0 Å². The molecule has 1 atom stereocenters. The van der Waals surface area contributed by atoms with Crippen molar-refractivity contribution in [2.45, 2.75) is 25.8 Å². The molecule has 0 bridgehead atoms. The second-order valence-electron chi connectivity index (χ2n) is 4.29. The van der Waals surface area contributed by atoms with Gasteiger partial charge in [-0.05, 0) is 38.3 Å². The first-order valence-electron chi connectivity index (χ1n) is 5.68. The predicted octanol–water partition coefficient (Wildman–Crippen LogP) is 1.70. The molecule has 0 spiro atoms. The van der Waals surface area contributed by atoms with Gasteiger partial charge in [0, 0.05) is 24.2 Å². The quantitative estimate of drug-likeness (QED) is 0.848. The molecule has 2 rings (SSSR count). The van der Waals surface area contributed by atoms with Crippen LogP contribution in [0.15, 0.2) is 11.7 Å². The van der Waals surface area contributed by atoms with Gasteiger partial charge in [-0.1, -0.05) is 0 Å². The number of thiazole rings is 1. The van der Waals surface area contributed by atoms with Crippen molar-refractivity contribution in [3.8, 4) is 0 Å². The first kappa shape index (κ1) is 11.0. The summed E-state index contributed by atoms with van der Waals surface area (Å²) in [5, 5.41) is 0. The number of rotatable bonds is 4. The number of hydrogen-bond donors (Lipinski definition) is 1. The summed E-state index contributed by atoms with van der Waals surface area (Å²) in [6, 6.07) is 0. The molecule has 0 aliphatic carbocycles. The lowest BCUT2D eigenvalue weighted by atomic mass is 9.95. The average Bonchev–Trinajstić information content (AvgIpc) is 2.71. The molecule has 0 amide bonds. The Balaban J connectivity index is 1.82. The molecule has 1 aromatic rings. The number of hydrogen-bond acceptors (Lipinski definition) is 4.